The van der Waals surface area contributed by atoms with E-state index in [0.29, 0.717) is 31.5 Å². The summed E-state index contributed by atoms with van der Waals surface area (Å²) in [6, 6.07) is 0.0200. The van der Waals surface area contributed by atoms with Crippen LogP contribution in [-0.2, 0) is 21.4 Å². The molecule has 30 heavy (non-hydrogen) atoms. The summed E-state index contributed by atoms with van der Waals surface area (Å²) >= 11 is 0. The molecule has 1 aromatic heterocycles. The summed E-state index contributed by atoms with van der Waals surface area (Å²) in [5.41, 5.74) is 0.525. The van der Waals surface area contributed by atoms with Gasteiger partial charge in [-0.1, -0.05) is 12.8 Å². The summed E-state index contributed by atoms with van der Waals surface area (Å²) in [5.74, 6) is -0.701. The minimum Gasteiger partial charge on any atom is -0.349 e. The predicted octanol–water partition coefficient (Wildman–Crippen LogP) is 0.706. The van der Waals surface area contributed by atoms with Crippen LogP contribution in [0.1, 0.15) is 55.3 Å². The van der Waals surface area contributed by atoms with Gasteiger partial charge in [0.2, 0.25) is 17.7 Å². The molecule has 2 saturated heterocycles. The van der Waals surface area contributed by atoms with E-state index in [2.05, 4.69) is 10.4 Å². The second-order valence-electron chi connectivity index (χ2n) is 8.61. The van der Waals surface area contributed by atoms with Crippen LogP contribution in [0.15, 0.2) is 12.4 Å². The Morgan fingerprint density at radius 3 is 2.27 bits per heavy atom. The number of fused-ring (bicyclic) bond motifs is 1. The second kappa shape index (κ2) is 8.57. The van der Waals surface area contributed by atoms with Crippen LogP contribution >= 0.6 is 0 Å². The van der Waals surface area contributed by atoms with Crippen molar-refractivity contribution in [1.82, 2.24) is 24.9 Å². The Hall–Kier alpha value is -2.71. The third-order valence-corrected chi connectivity index (χ3v) is 6.63. The molecule has 2 aliphatic heterocycles. The molecule has 2 atom stereocenters. The number of hydrogen-bond acceptors (Lipinski definition) is 5. The van der Waals surface area contributed by atoms with Crippen LogP contribution in [0.3, 0.4) is 0 Å². The third kappa shape index (κ3) is 4.11. The van der Waals surface area contributed by atoms with Gasteiger partial charge in [-0.3, -0.25) is 28.8 Å². The highest BCUT2D eigenvalue weighted by molar-refractivity contribution is 6.05. The summed E-state index contributed by atoms with van der Waals surface area (Å²) in [4.78, 5) is 53.0. The van der Waals surface area contributed by atoms with E-state index in [4.69, 9.17) is 0 Å². The van der Waals surface area contributed by atoms with Crippen LogP contribution in [0, 0.1) is 11.8 Å². The lowest BCUT2D eigenvalue weighted by molar-refractivity contribution is -0.141. The second-order valence-corrected chi connectivity index (χ2v) is 8.61. The number of imide groups is 1. The van der Waals surface area contributed by atoms with Crippen molar-refractivity contribution < 1.29 is 19.2 Å². The molecule has 0 unspecified atom stereocenters. The largest absolute Gasteiger partial charge is 0.349 e. The van der Waals surface area contributed by atoms with Crippen LogP contribution in [0.2, 0.25) is 0 Å². The Bertz CT molecular complexity index is 818. The first-order valence-corrected chi connectivity index (χ1v) is 10.9. The highest BCUT2D eigenvalue weighted by atomic mass is 16.2. The SMILES string of the molecule is Cn1cc(C(=O)NC2CCN(C(=O)CCN3C(=O)[C@H]4CCCC[C@@H]4C3=O)CC2)cn1. The number of nitrogens with zero attached hydrogens (tertiary/aromatic N) is 4. The maximum atomic E-state index is 12.6. The van der Waals surface area contributed by atoms with Crippen LogP contribution < -0.4 is 5.32 Å². The minimum atomic E-state index is -0.166. The molecular weight excluding hydrogens is 386 g/mol. The van der Waals surface area contributed by atoms with E-state index in [1.165, 1.54) is 11.1 Å². The van der Waals surface area contributed by atoms with Crippen molar-refractivity contribution in [3.05, 3.63) is 18.0 Å². The minimum absolute atomic E-state index is 0.0200. The zero-order valence-corrected chi connectivity index (χ0v) is 17.4. The van der Waals surface area contributed by atoms with Crippen molar-refractivity contribution in [3.8, 4) is 0 Å². The van der Waals surface area contributed by atoms with E-state index in [9.17, 15) is 19.2 Å². The highest BCUT2D eigenvalue weighted by Crippen LogP contribution is 2.38. The van der Waals surface area contributed by atoms with E-state index in [1.807, 2.05) is 0 Å². The fourth-order valence-corrected chi connectivity index (χ4v) is 4.90. The zero-order valence-electron chi connectivity index (χ0n) is 17.4. The molecule has 0 aromatic carbocycles. The van der Waals surface area contributed by atoms with Crippen molar-refractivity contribution in [2.75, 3.05) is 19.6 Å². The van der Waals surface area contributed by atoms with Gasteiger partial charge in [0.05, 0.1) is 23.6 Å². The van der Waals surface area contributed by atoms with Crippen LogP contribution in [-0.4, -0.2) is 68.9 Å². The molecule has 1 aromatic rings. The van der Waals surface area contributed by atoms with Gasteiger partial charge in [-0.2, -0.15) is 5.10 Å². The summed E-state index contributed by atoms with van der Waals surface area (Å²) in [6.07, 6.45) is 8.32. The Morgan fingerprint density at radius 1 is 1.07 bits per heavy atom. The van der Waals surface area contributed by atoms with Gasteiger partial charge in [-0.25, -0.2) is 0 Å². The average molecular weight is 415 g/mol. The first kappa shape index (κ1) is 20.6. The number of amides is 4. The number of carbonyl (C=O) groups excluding carboxylic acids is 4. The fourth-order valence-electron chi connectivity index (χ4n) is 4.90. The van der Waals surface area contributed by atoms with Gasteiger partial charge in [-0.15, -0.1) is 0 Å². The van der Waals surface area contributed by atoms with E-state index >= 15 is 0 Å². The fraction of sp³-hybridized carbons (Fsp3) is 0.667. The third-order valence-electron chi connectivity index (χ3n) is 6.63. The molecule has 1 aliphatic carbocycles. The normalized spacial score (nSPS) is 24.8. The van der Waals surface area contributed by atoms with Gasteiger partial charge in [0.15, 0.2) is 0 Å². The van der Waals surface area contributed by atoms with Gasteiger partial charge in [-0.05, 0) is 25.7 Å². The molecule has 3 fully saturated rings. The molecule has 1 saturated carbocycles. The zero-order chi connectivity index (χ0) is 21.3. The van der Waals surface area contributed by atoms with Crippen LogP contribution in [0.25, 0.3) is 0 Å². The van der Waals surface area contributed by atoms with Crippen molar-refractivity contribution in [2.45, 2.75) is 51.0 Å². The molecular formula is C21H29N5O4. The van der Waals surface area contributed by atoms with E-state index in [-0.39, 0.29) is 54.5 Å². The molecule has 0 bridgehead atoms. The Labute approximate surface area is 175 Å². The molecule has 1 N–H and O–H groups in total. The maximum absolute atomic E-state index is 12.6. The lowest BCUT2D eigenvalue weighted by Gasteiger charge is -2.32. The molecule has 162 valence electrons. The molecule has 0 spiro atoms. The standard InChI is InChI=1S/C21H29N5O4/c1-24-13-14(12-22-24)19(28)23-15-6-9-25(10-7-15)18(27)8-11-26-20(29)16-4-2-3-5-17(16)21(26)30/h12-13,15-17H,2-11H2,1H3,(H,23,28)/t16-,17-/m0/s1. The average Bonchev–Trinajstić information content (AvgIpc) is 3.29. The number of aromatic nitrogens is 2. The Balaban J connectivity index is 1.22. The first-order valence-electron chi connectivity index (χ1n) is 10.9. The van der Waals surface area contributed by atoms with E-state index in [0.717, 1.165) is 25.7 Å². The van der Waals surface area contributed by atoms with Crippen molar-refractivity contribution in [3.63, 3.8) is 0 Å². The smallest absolute Gasteiger partial charge is 0.254 e. The first-order chi connectivity index (χ1) is 14.4. The molecule has 9 heteroatoms. The molecule has 3 aliphatic rings. The Kier molecular flexibility index (Phi) is 5.87. The number of carbonyl (C=O) groups is 4. The van der Waals surface area contributed by atoms with Crippen LogP contribution in [0.5, 0.6) is 0 Å². The van der Waals surface area contributed by atoms with E-state index < -0.39 is 0 Å². The molecule has 9 nitrogen and oxygen atoms in total. The quantitative estimate of drug-likeness (QED) is 0.713. The molecule has 4 amide bonds. The summed E-state index contributed by atoms with van der Waals surface area (Å²) in [5, 5.41) is 7.00. The lowest BCUT2D eigenvalue weighted by atomic mass is 9.81. The molecule has 4 rings (SSSR count). The Morgan fingerprint density at radius 2 is 1.70 bits per heavy atom. The predicted molar refractivity (Wildman–Crippen MR) is 107 cm³/mol. The number of likely N-dealkylation sites (tertiary alicyclic amines) is 2. The maximum Gasteiger partial charge on any atom is 0.254 e. The lowest BCUT2D eigenvalue weighted by Crippen LogP contribution is -2.47. The van der Waals surface area contributed by atoms with Crippen molar-refractivity contribution >= 4 is 23.6 Å². The van der Waals surface area contributed by atoms with Crippen LogP contribution in [0.4, 0.5) is 0 Å². The summed E-state index contributed by atoms with van der Waals surface area (Å²) in [6.45, 7) is 1.30. The topological polar surface area (TPSA) is 105 Å². The van der Waals surface area contributed by atoms with Gasteiger partial charge < -0.3 is 10.2 Å². The van der Waals surface area contributed by atoms with Crippen molar-refractivity contribution in [2.24, 2.45) is 18.9 Å². The monoisotopic (exact) mass is 415 g/mol. The van der Waals surface area contributed by atoms with Gasteiger partial charge in [0.1, 0.15) is 0 Å². The molecule has 3 heterocycles. The highest BCUT2D eigenvalue weighted by Gasteiger charge is 2.47. The van der Waals surface area contributed by atoms with E-state index in [1.54, 1.807) is 22.8 Å². The number of nitrogens with one attached hydrogen (secondary N) is 1. The molecule has 0 radical (unpaired) electrons. The number of rotatable bonds is 5. The van der Waals surface area contributed by atoms with Crippen molar-refractivity contribution in [1.29, 1.82) is 0 Å². The van der Waals surface area contributed by atoms with Gasteiger partial charge in [0.25, 0.3) is 5.91 Å². The van der Waals surface area contributed by atoms with Gasteiger partial charge in [0, 0.05) is 45.3 Å². The van der Waals surface area contributed by atoms with Gasteiger partial charge >= 0.3 is 0 Å². The summed E-state index contributed by atoms with van der Waals surface area (Å²) < 4.78 is 1.58. The number of hydrogen-bond donors (Lipinski definition) is 1. The summed E-state index contributed by atoms with van der Waals surface area (Å²) in [7, 11) is 1.76. The number of aryl methyl sites for hydroxylation is 1. The number of piperidine rings is 1.